The number of hydrogen-bond acceptors (Lipinski definition) is 4. The van der Waals surface area contributed by atoms with Gasteiger partial charge in [-0.25, -0.2) is 9.37 Å². The molecule has 1 saturated heterocycles. The molecule has 1 saturated carbocycles. The van der Waals surface area contributed by atoms with E-state index in [-0.39, 0.29) is 18.0 Å². The Morgan fingerprint density at radius 2 is 2.08 bits per heavy atom. The lowest BCUT2D eigenvalue weighted by Crippen LogP contribution is -2.36. The van der Waals surface area contributed by atoms with Gasteiger partial charge in [0.25, 0.3) is 0 Å². The van der Waals surface area contributed by atoms with Crippen LogP contribution in [0.15, 0.2) is 36.9 Å². The van der Waals surface area contributed by atoms with Crippen molar-refractivity contribution in [3.8, 4) is 0 Å². The van der Waals surface area contributed by atoms with Gasteiger partial charge in [-0.05, 0) is 43.7 Å². The topological polar surface area (TPSA) is 53.3 Å². The van der Waals surface area contributed by atoms with Crippen molar-refractivity contribution in [3.05, 3.63) is 48.3 Å². The van der Waals surface area contributed by atoms with Crippen molar-refractivity contribution in [3.63, 3.8) is 0 Å². The predicted molar refractivity (Wildman–Crippen MR) is 99.4 cm³/mol. The van der Waals surface area contributed by atoms with Crippen molar-refractivity contribution in [2.24, 2.45) is 5.92 Å². The molecular formula is C20H27FN4O. The zero-order valence-corrected chi connectivity index (χ0v) is 15.0. The molecule has 0 amide bonds. The highest BCUT2D eigenvalue weighted by Crippen LogP contribution is 2.30. The lowest BCUT2D eigenvalue weighted by Gasteiger charge is -2.24. The van der Waals surface area contributed by atoms with Crippen LogP contribution >= 0.6 is 0 Å². The normalized spacial score (nSPS) is 25.9. The number of rotatable bonds is 6. The summed E-state index contributed by atoms with van der Waals surface area (Å²) in [6.07, 6.45) is 9.16. The second-order valence-electron chi connectivity index (χ2n) is 7.58. The zero-order chi connectivity index (χ0) is 17.9. The Morgan fingerprint density at radius 1 is 1.23 bits per heavy atom. The minimum absolute atomic E-state index is 0.00885. The van der Waals surface area contributed by atoms with Gasteiger partial charge in [-0.2, -0.15) is 0 Å². The molecule has 2 heterocycles. The number of imidazole rings is 1. The van der Waals surface area contributed by atoms with Gasteiger partial charge in [-0.15, -0.1) is 0 Å². The van der Waals surface area contributed by atoms with Crippen molar-refractivity contribution < 1.29 is 9.50 Å². The van der Waals surface area contributed by atoms with Crippen LogP contribution in [-0.2, 0) is 13.1 Å². The summed E-state index contributed by atoms with van der Waals surface area (Å²) in [4.78, 5) is 6.34. The highest BCUT2D eigenvalue weighted by Gasteiger charge is 2.33. The summed E-state index contributed by atoms with van der Waals surface area (Å²) < 4.78 is 16.5. The van der Waals surface area contributed by atoms with Gasteiger partial charge in [0.15, 0.2) is 0 Å². The third kappa shape index (κ3) is 3.76. The van der Waals surface area contributed by atoms with Crippen LogP contribution in [0.25, 0.3) is 0 Å². The van der Waals surface area contributed by atoms with Crippen molar-refractivity contribution in [1.82, 2.24) is 14.9 Å². The molecule has 1 aliphatic heterocycles. The lowest BCUT2D eigenvalue weighted by atomic mass is 10.1. The summed E-state index contributed by atoms with van der Waals surface area (Å²) in [5, 5.41) is 13.8. The summed E-state index contributed by atoms with van der Waals surface area (Å²) in [7, 11) is 0. The average molecular weight is 358 g/mol. The van der Waals surface area contributed by atoms with Crippen LogP contribution in [0.4, 0.5) is 10.1 Å². The molecule has 2 fully saturated rings. The van der Waals surface area contributed by atoms with E-state index < -0.39 is 0 Å². The first-order valence-corrected chi connectivity index (χ1v) is 9.60. The third-order valence-electron chi connectivity index (χ3n) is 5.74. The van der Waals surface area contributed by atoms with E-state index in [1.165, 1.54) is 18.9 Å². The number of anilines is 1. The maximum Gasteiger partial charge on any atom is 0.129 e. The largest absolute Gasteiger partial charge is 0.391 e. The molecule has 2 N–H and O–H groups in total. The van der Waals surface area contributed by atoms with Crippen LogP contribution in [0, 0.1) is 11.7 Å². The molecule has 0 bridgehead atoms. The van der Waals surface area contributed by atoms with E-state index in [9.17, 15) is 9.50 Å². The van der Waals surface area contributed by atoms with Crippen LogP contribution < -0.4 is 10.2 Å². The van der Waals surface area contributed by atoms with Crippen LogP contribution in [0.2, 0.25) is 0 Å². The SMILES string of the molecule is O[C@@H]1CC(Cn2ccnc2)C[C@H]1NCc1c(F)cccc1N1CCCC1. The summed E-state index contributed by atoms with van der Waals surface area (Å²) in [5.74, 6) is 0.250. The molecule has 4 rings (SSSR count). The molecule has 1 aromatic carbocycles. The Hall–Kier alpha value is -1.92. The van der Waals surface area contributed by atoms with E-state index in [1.54, 1.807) is 12.3 Å². The van der Waals surface area contributed by atoms with Crippen molar-refractivity contribution in [1.29, 1.82) is 0 Å². The molecule has 2 aliphatic rings. The number of halogens is 1. The molecule has 1 unspecified atom stereocenters. The Labute approximate surface area is 153 Å². The second-order valence-corrected chi connectivity index (χ2v) is 7.58. The number of benzene rings is 1. The van der Waals surface area contributed by atoms with E-state index >= 15 is 0 Å². The monoisotopic (exact) mass is 358 g/mol. The van der Waals surface area contributed by atoms with Gasteiger partial charge in [0.05, 0.1) is 12.4 Å². The Bertz CT molecular complexity index is 715. The molecule has 1 aromatic heterocycles. The van der Waals surface area contributed by atoms with E-state index in [2.05, 4.69) is 19.8 Å². The minimum atomic E-state index is -0.384. The molecular weight excluding hydrogens is 331 g/mol. The Morgan fingerprint density at radius 3 is 2.85 bits per heavy atom. The number of aromatic nitrogens is 2. The molecule has 2 aromatic rings. The van der Waals surface area contributed by atoms with Gasteiger partial charge >= 0.3 is 0 Å². The maximum absolute atomic E-state index is 14.5. The zero-order valence-electron chi connectivity index (χ0n) is 15.0. The number of nitrogens with one attached hydrogen (secondary N) is 1. The molecule has 26 heavy (non-hydrogen) atoms. The lowest BCUT2D eigenvalue weighted by molar-refractivity contribution is 0.145. The van der Waals surface area contributed by atoms with Gasteiger partial charge in [0, 0.05) is 55.9 Å². The van der Waals surface area contributed by atoms with Crippen LogP contribution in [0.3, 0.4) is 0 Å². The van der Waals surface area contributed by atoms with Crippen molar-refractivity contribution >= 4 is 5.69 Å². The highest BCUT2D eigenvalue weighted by atomic mass is 19.1. The van der Waals surface area contributed by atoms with Crippen LogP contribution in [-0.4, -0.2) is 39.9 Å². The Kier molecular flexibility index (Phi) is 5.22. The molecule has 5 nitrogen and oxygen atoms in total. The summed E-state index contributed by atoms with van der Waals surface area (Å²) in [6, 6.07) is 5.34. The van der Waals surface area contributed by atoms with Crippen molar-refractivity contribution in [2.45, 2.75) is 50.9 Å². The summed E-state index contributed by atoms with van der Waals surface area (Å²) in [5.41, 5.74) is 1.72. The molecule has 6 heteroatoms. The molecule has 0 spiro atoms. The van der Waals surface area contributed by atoms with Gasteiger partial charge < -0.3 is 19.9 Å². The quantitative estimate of drug-likeness (QED) is 0.833. The maximum atomic E-state index is 14.5. The van der Waals surface area contributed by atoms with E-state index in [1.807, 2.05) is 18.6 Å². The predicted octanol–water partition coefficient (Wildman–Crippen LogP) is 2.55. The average Bonchev–Trinajstić information content (AvgIpc) is 3.37. The van der Waals surface area contributed by atoms with Crippen LogP contribution in [0.1, 0.15) is 31.2 Å². The summed E-state index contributed by atoms with van der Waals surface area (Å²) in [6.45, 7) is 3.32. The van der Waals surface area contributed by atoms with Gasteiger partial charge in [0.2, 0.25) is 0 Å². The first-order valence-electron chi connectivity index (χ1n) is 9.60. The van der Waals surface area contributed by atoms with E-state index in [0.29, 0.717) is 12.5 Å². The number of hydrogen-bond donors (Lipinski definition) is 2. The van der Waals surface area contributed by atoms with Gasteiger partial charge in [-0.3, -0.25) is 0 Å². The molecule has 140 valence electrons. The fraction of sp³-hybridized carbons (Fsp3) is 0.550. The standard InChI is InChI=1S/C20H27FN4O/c21-17-4-3-5-19(25-7-1-2-8-25)16(17)12-23-18-10-15(11-20(18)26)13-24-9-6-22-14-24/h3-6,9,14-15,18,20,23,26H,1-2,7-8,10-13H2/t15?,18-,20-/m1/s1. The smallest absolute Gasteiger partial charge is 0.129 e. The second kappa shape index (κ2) is 7.76. The van der Waals surface area contributed by atoms with E-state index in [0.717, 1.165) is 43.7 Å². The van der Waals surface area contributed by atoms with E-state index in [4.69, 9.17) is 0 Å². The van der Waals surface area contributed by atoms with Crippen LogP contribution in [0.5, 0.6) is 0 Å². The Balaban J connectivity index is 1.39. The summed E-state index contributed by atoms with van der Waals surface area (Å²) >= 11 is 0. The number of nitrogens with zero attached hydrogens (tertiary/aromatic N) is 3. The minimum Gasteiger partial charge on any atom is -0.391 e. The molecule has 3 atom stereocenters. The molecule has 1 aliphatic carbocycles. The highest BCUT2D eigenvalue weighted by molar-refractivity contribution is 5.54. The van der Waals surface area contributed by atoms with Crippen molar-refractivity contribution in [2.75, 3.05) is 18.0 Å². The van der Waals surface area contributed by atoms with Gasteiger partial charge in [0.1, 0.15) is 5.82 Å². The number of aliphatic hydroxyl groups is 1. The molecule has 0 radical (unpaired) electrons. The fourth-order valence-corrected chi connectivity index (χ4v) is 4.39. The first-order chi connectivity index (χ1) is 12.7. The third-order valence-corrected chi connectivity index (χ3v) is 5.74. The van der Waals surface area contributed by atoms with Gasteiger partial charge in [-0.1, -0.05) is 6.07 Å². The number of aliphatic hydroxyl groups excluding tert-OH is 1. The first kappa shape index (κ1) is 17.5. The fourth-order valence-electron chi connectivity index (χ4n) is 4.39.